The third kappa shape index (κ3) is 24.3. The van der Waals surface area contributed by atoms with Crippen molar-refractivity contribution in [2.75, 3.05) is 0 Å². The zero-order valence-corrected chi connectivity index (χ0v) is 7.51. The molecular formula is C3H10O5P2+2. The van der Waals surface area contributed by atoms with Crippen LogP contribution in [0, 0.1) is 0 Å². The molecule has 2 atom stereocenters. The maximum Gasteiger partial charge on any atom is 0.745 e. The highest BCUT2D eigenvalue weighted by atomic mass is 31.2. The second-order valence-corrected chi connectivity index (χ2v) is 2.87. The molecule has 60 valence electrons. The second kappa shape index (κ2) is 9.08. The van der Waals surface area contributed by atoms with Crippen molar-refractivity contribution in [2.24, 2.45) is 0 Å². The van der Waals surface area contributed by atoms with Crippen molar-refractivity contribution in [1.29, 1.82) is 0 Å². The zero-order chi connectivity index (χ0) is 8.57. The van der Waals surface area contributed by atoms with Crippen LogP contribution in [0.25, 0.3) is 0 Å². The van der Waals surface area contributed by atoms with Crippen molar-refractivity contribution in [1.82, 2.24) is 0 Å². The van der Waals surface area contributed by atoms with E-state index in [1.165, 1.54) is 6.42 Å². The van der Waals surface area contributed by atoms with Crippen molar-refractivity contribution in [2.45, 2.75) is 20.3 Å². The normalized spacial score (nSPS) is 11.2. The predicted octanol–water partition coefficient (Wildman–Crippen LogP) is 1.72. The molecule has 0 aliphatic heterocycles. The monoisotopic (exact) mass is 188 g/mol. The van der Waals surface area contributed by atoms with Crippen LogP contribution in [0.4, 0.5) is 0 Å². The second-order valence-electron chi connectivity index (χ2n) is 1.26. The van der Waals surface area contributed by atoms with Gasteiger partial charge in [0.05, 0.1) is 0 Å². The number of hydrogen-bond acceptors (Lipinski definition) is 3. The van der Waals surface area contributed by atoms with Crippen LogP contribution in [-0.4, -0.2) is 9.79 Å². The van der Waals surface area contributed by atoms with E-state index in [9.17, 15) is 9.13 Å². The molecule has 7 heteroatoms. The Hall–Kier alpha value is 0.0800. The summed E-state index contributed by atoms with van der Waals surface area (Å²) in [4.78, 5) is 15.3. The van der Waals surface area contributed by atoms with E-state index in [2.05, 4.69) is 18.2 Å². The topological polar surface area (TPSA) is 83.8 Å². The molecule has 0 aromatic heterocycles. The Morgan fingerprint density at radius 1 is 1.20 bits per heavy atom. The molecule has 0 aliphatic rings. The average molecular weight is 188 g/mol. The van der Waals surface area contributed by atoms with Crippen LogP contribution in [0.15, 0.2) is 0 Å². The third-order valence-corrected chi connectivity index (χ3v) is 1.26. The fourth-order valence-corrected chi connectivity index (χ4v) is 0.538. The van der Waals surface area contributed by atoms with Gasteiger partial charge in [-0.15, -0.1) is 9.79 Å². The van der Waals surface area contributed by atoms with Crippen LogP contribution in [-0.2, 0) is 13.4 Å². The molecule has 0 rings (SSSR count). The molecule has 0 aliphatic carbocycles. The molecule has 0 saturated carbocycles. The van der Waals surface area contributed by atoms with E-state index in [0.29, 0.717) is 0 Å². The van der Waals surface area contributed by atoms with E-state index in [0.717, 1.165) is 0 Å². The molecule has 0 aromatic rings. The number of hydrogen-bond donors (Lipinski definition) is 2. The summed E-state index contributed by atoms with van der Waals surface area (Å²) < 4.78 is 22.2. The molecule has 0 heterocycles. The molecule has 0 aromatic carbocycles. The lowest BCUT2D eigenvalue weighted by Gasteiger charge is -1.50. The lowest BCUT2D eigenvalue weighted by atomic mass is 10.6. The van der Waals surface area contributed by atoms with Gasteiger partial charge in [0.2, 0.25) is 0 Å². The molecule has 5 nitrogen and oxygen atoms in total. The maximum absolute atomic E-state index is 9.39. The minimum Gasteiger partial charge on any atom is -0.131 e. The van der Waals surface area contributed by atoms with Crippen molar-refractivity contribution in [3.05, 3.63) is 0 Å². The van der Waals surface area contributed by atoms with Gasteiger partial charge >= 0.3 is 16.5 Å². The van der Waals surface area contributed by atoms with Gasteiger partial charge in [0.1, 0.15) is 0 Å². The van der Waals surface area contributed by atoms with Crippen LogP contribution >= 0.6 is 16.5 Å². The van der Waals surface area contributed by atoms with Gasteiger partial charge in [-0.2, -0.15) is 0 Å². The summed E-state index contributed by atoms with van der Waals surface area (Å²) in [6.45, 7) is 4.25. The summed E-state index contributed by atoms with van der Waals surface area (Å²) in [5, 5.41) is 0. The zero-order valence-electron chi connectivity index (χ0n) is 5.72. The van der Waals surface area contributed by atoms with Gasteiger partial charge in [0.25, 0.3) is 0 Å². The van der Waals surface area contributed by atoms with Gasteiger partial charge in [-0.3, -0.25) is 0 Å². The van der Waals surface area contributed by atoms with Gasteiger partial charge in [0, 0.05) is 9.13 Å². The highest BCUT2D eigenvalue weighted by Gasteiger charge is 2.31. The summed E-state index contributed by atoms with van der Waals surface area (Å²) in [6, 6.07) is 0. The van der Waals surface area contributed by atoms with Crippen molar-refractivity contribution >= 4 is 16.5 Å². The summed E-state index contributed by atoms with van der Waals surface area (Å²) in [6.07, 6.45) is 1.25. The van der Waals surface area contributed by atoms with Crippen molar-refractivity contribution < 1.29 is 23.2 Å². The Bertz CT molecular complexity index is 101. The summed E-state index contributed by atoms with van der Waals surface area (Å²) >= 11 is 0. The minimum absolute atomic E-state index is 1.25. The highest BCUT2D eigenvalue weighted by Crippen LogP contribution is 2.30. The molecule has 0 saturated heterocycles. The Balaban J connectivity index is 0. The average Bonchev–Trinajstić information content (AvgIpc) is 1.62. The van der Waals surface area contributed by atoms with Crippen LogP contribution in [0.2, 0.25) is 0 Å². The van der Waals surface area contributed by atoms with E-state index in [4.69, 9.17) is 9.79 Å². The maximum atomic E-state index is 9.39. The third-order valence-electron chi connectivity index (χ3n) is 0.140. The lowest BCUT2D eigenvalue weighted by Crippen LogP contribution is -1.58. The van der Waals surface area contributed by atoms with Crippen molar-refractivity contribution in [3.63, 3.8) is 0 Å². The van der Waals surface area contributed by atoms with E-state index >= 15 is 0 Å². The SMILES string of the molecule is CCC.O=[P+](O)O[P+](=O)O. The fourth-order valence-electron chi connectivity index (χ4n) is 0.0598. The minimum atomic E-state index is -2.92. The van der Waals surface area contributed by atoms with Gasteiger partial charge in [-0.05, 0) is 0 Å². The first-order chi connectivity index (χ1) is 4.54. The Labute approximate surface area is 60.9 Å². The smallest absolute Gasteiger partial charge is 0.131 e. The molecule has 2 unspecified atom stereocenters. The molecular weight excluding hydrogens is 178 g/mol. The first kappa shape index (κ1) is 12.7. The molecule has 0 radical (unpaired) electrons. The van der Waals surface area contributed by atoms with Gasteiger partial charge in [0.15, 0.2) is 4.31 Å². The first-order valence-electron chi connectivity index (χ1n) is 2.54. The fraction of sp³-hybridized carbons (Fsp3) is 1.00. The largest absolute Gasteiger partial charge is 0.745 e. The Kier molecular flexibility index (Phi) is 11.6. The van der Waals surface area contributed by atoms with E-state index in [-0.39, 0.29) is 0 Å². The summed E-state index contributed by atoms with van der Waals surface area (Å²) in [5.74, 6) is 0. The first-order valence-corrected chi connectivity index (χ1v) is 4.81. The molecule has 0 amide bonds. The van der Waals surface area contributed by atoms with E-state index in [1.807, 2.05) is 0 Å². The highest BCUT2D eigenvalue weighted by molar-refractivity contribution is 7.46. The molecule has 10 heavy (non-hydrogen) atoms. The van der Waals surface area contributed by atoms with Crippen LogP contribution < -0.4 is 0 Å². The van der Waals surface area contributed by atoms with Crippen LogP contribution in [0.1, 0.15) is 20.3 Å². The molecule has 2 N–H and O–H groups in total. The van der Waals surface area contributed by atoms with Gasteiger partial charge in [-0.25, -0.2) is 0 Å². The van der Waals surface area contributed by atoms with E-state index in [1.54, 1.807) is 0 Å². The Morgan fingerprint density at radius 3 is 1.40 bits per heavy atom. The molecule has 0 bridgehead atoms. The quantitative estimate of drug-likeness (QED) is 0.644. The Morgan fingerprint density at radius 2 is 1.40 bits per heavy atom. The summed E-state index contributed by atoms with van der Waals surface area (Å²) in [5.41, 5.74) is 0. The standard InChI is InChI=1S/C3H8.O5P2/c1-3-2;1-6(2)5-7(3)4/h3H2,1-2H3;/p+2. The lowest BCUT2D eigenvalue weighted by molar-refractivity contribution is 0.371. The molecule has 0 spiro atoms. The van der Waals surface area contributed by atoms with Gasteiger partial charge < -0.3 is 0 Å². The number of rotatable bonds is 2. The van der Waals surface area contributed by atoms with E-state index < -0.39 is 16.5 Å². The molecule has 0 fully saturated rings. The summed E-state index contributed by atoms with van der Waals surface area (Å²) in [7, 11) is -5.85. The van der Waals surface area contributed by atoms with Crippen LogP contribution in [0.3, 0.4) is 0 Å². The van der Waals surface area contributed by atoms with Crippen LogP contribution in [0.5, 0.6) is 0 Å². The van der Waals surface area contributed by atoms with Crippen molar-refractivity contribution in [3.8, 4) is 0 Å². The predicted molar refractivity (Wildman–Crippen MR) is 36.7 cm³/mol. The van der Waals surface area contributed by atoms with Gasteiger partial charge in [-0.1, -0.05) is 20.3 Å².